The van der Waals surface area contributed by atoms with Gasteiger partial charge in [0.2, 0.25) is 0 Å². The molecule has 8 bridgehead atoms. The molecule has 17 rings (SSSR count). The number of nitrogens with zero attached hydrogens (tertiary/aromatic N) is 4. The van der Waals surface area contributed by atoms with Crippen molar-refractivity contribution < 1.29 is 21.1 Å². The van der Waals surface area contributed by atoms with Gasteiger partial charge >= 0.3 is 21.1 Å². The molecule has 0 unspecified atom stereocenters. The first-order valence-corrected chi connectivity index (χ1v) is 29.0. The van der Waals surface area contributed by atoms with Crippen molar-refractivity contribution in [1.82, 2.24) is 19.9 Å². The van der Waals surface area contributed by atoms with Crippen LogP contribution >= 0.6 is 0 Å². The Morgan fingerprint density at radius 2 is 0.424 bits per heavy atom. The normalized spacial score (nSPS) is 11.9. The van der Waals surface area contributed by atoms with Crippen LogP contribution in [0.25, 0.3) is 176 Å². The minimum atomic E-state index is 0. The van der Waals surface area contributed by atoms with Crippen molar-refractivity contribution >= 4 is 86.7 Å². The zero-order valence-corrected chi connectivity index (χ0v) is 49.5. The quantitative estimate of drug-likeness (QED) is 0.176. The number of aryl methyl sites for hydroxylation is 4. The SMILES string of the molecule is Cc1ccc(-c2c3nc(c(-c4ccc(C)cc4)c4[n-]c(c(-c5ccc(C)cc5)c5nc(c(-c6ccc(C)cc6)c6[n-]c2c2cc7ccccc7cc62)-c2cc6ccccc6cc2-5)c2cc5ccccc5cc42)-c2cc4ccccc4cc2-3)cc1.[Pt+2]. The van der Waals surface area contributed by atoms with Gasteiger partial charge in [0.25, 0.3) is 0 Å². The first-order valence-electron chi connectivity index (χ1n) is 29.0. The van der Waals surface area contributed by atoms with Gasteiger partial charge in [-0.2, -0.15) is 0 Å². The van der Waals surface area contributed by atoms with Crippen molar-refractivity contribution in [2.45, 2.75) is 27.7 Å². The third-order valence-electron chi connectivity index (χ3n) is 17.7. The Labute approximate surface area is 506 Å². The Morgan fingerprint density at radius 1 is 0.235 bits per heavy atom. The van der Waals surface area contributed by atoms with Gasteiger partial charge in [0.15, 0.2) is 0 Å². The van der Waals surface area contributed by atoms with Crippen molar-refractivity contribution in [1.29, 1.82) is 0 Å². The van der Waals surface area contributed by atoms with Gasteiger partial charge in [0, 0.05) is 22.3 Å². The number of hydrogen-bond donors (Lipinski definition) is 0. The molecule has 0 N–H and O–H groups in total. The predicted molar refractivity (Wildman–Crippen MR) is 354 cm³/mol. The van der Waals surface area contributed by atoms with Gasteiger partial charge in [0.05, 0.1) is 22.8 Å². The number of aromatic nitrogens is 4. The molecule has 2 aliphatic heterocycles. The van der Waals surface area contributed by atoms with Gasteiger partial charge < -0.3 is 9.97 Å². The molecule has 4 nitrogen and oxygen atoms in total. The van der Waals surface area contributed by atoms with Crippen LogP contribution in [0.4, 0.5) is 0 Å². The van der Waals surface area contributed by atoms with E-state index in [1.54, 1.807) is 0 Å². The van der Waals surface area contributed by atoms with Crippen LogP contribution in [0, 0.1) is 27.7 Å². The van der Waals surface area contributed by atoms with Crippen LogP contribution in [0.2, 0.25) is 0 Å². The van der Waals surface area contributed by atoms with Crippen molar-refractivity contribution in [2.24, 2.45) is 0 Å². The summed E-state index contributed by atoms with van der Waals surface area (Å²) >= 11 is 0. The van der Waals surface area contributed by atoms with Crippen molar-refractivity contribution in [3.63, 3.8) is 0 Å². The van der Waals surface area contributed by atoms with Crippen molar-refractivity contribution in [3.8, 4) is 89.5 Å². The number of hydrogen-bond acceptors (Lipinski definition) is 2. The zero-order chi connectivity index (χ0) is 55.9. The summed E-state index contributed by atoms with van der Waals surface area (Å²) < 4.78 is 0. The van der Waals surface area contributed by atoms with Crippen molar-refractivity contribution in [3.05, 3.63) is 265 Å². The fourth-order valence-electron chi connectivity index (χ4n) is 13.4. The molecule has 85 heavy (non-hydrogen) atoms. The second kappa shape index (κ2) is 19.6. The largest absolute Gasteiger partial charge is 2.00 e. The average molecular weight is 1260 g/mol. The van der Waals surface area contributed by atoms with Crippen LogP contribution < -0.4 is 9.97 Å². The molecule has 0 atom stereocenters. The summed E-state index contributed by atoms with van der Waals surface area (Å²) in [4.78, 5) is 24.8. The van der Waals surface area contributed by atoms with E-state index in [1.807, 2.05) is 0 Å². The molecule has 0 radical (unpaired) electrons. The summed E-state index contributed by atoms with van der Waals surface area (Å²) in [5.41, 5.74) is 23.7. The second-order valence-corrected chi connectivity index (χ2v) is 23.2. The summed E-state index contributed by atoms with van der Waals surface area (Å²) in [6.07, 6.45) is 0. The predicted octanol–water partition coefficient (Wildman–Crippen LogP) is 21.1. The average Bonchev–Trinajstić information content (AvgIpc) is 1.68. The van der Waals surface area contributed by atoms with E-state index in [-0.39, 0.29) is 21.1 Å². The van der Waals surface area contributed by atoms with E-state index in [2.05, 4.69) is 270 Å². The van der Waals surface area contributed by atoms with Gasteiger partial charge in [-0.15, -0.1) is 22.1 Å². The van der Waals surface area contributed by atoms with E-state index in [0.29, 0.717) is 0 Å². The fourth-order valence-corrected chi connectivity index (χ4v) is 13.4. The first-order chi connectivity index (χ1) is 41.2. The fraction of sp³-hybridized carbons (Fsp3) is 0.0500. The van der Waals surface area contributed by atoms with Crippen LogP contribution in [-0.2, 0) is 21.1 Å². The number of benzene rings is 12. The molecule has 402 valence electrons. The Kier molecular flexibility index (Phi) is 11.7. The molecule has 1 aliphatic carbocycles. The van der Waals surface area contributed by atoms with Crippen LogP contribution in [0.3, 0.4) is 0 Å². The maximum Gasteiger partial charge on any atom is 2.00 e. The van der Waals surface area contributed by atoms with Crippen LogP contribution in [0.5, 0.6) is 0 Å². The Hall–Kier alpha value is -9.99. The molecule has 2 aromatic heterocycles. The molecule has 0 fully saturated rings. The molecule has 12 aromatic carbocycles. The van der Waals surface area contributed by atoms with E-state index in [1.165, 1.54) is 22.3 Å². The maximum absolute atomic E-state index is 6.19. The van der Waals surface area contributed by atoms with Gasteiger partial charge in [0.1, 0.15) is 0 Å². The van der Waals surface area contributed by atoms with Crippen LogP contribution in [0.1, 0.15) is 22.3 Å². The molecule has 0 amide bonds. The smallest absolute Gasteiger partial charge is 0.656 e. The minimum absolute atomic E-state index is 0. The van der Waals surface area contributed by atoms with E-state index in [0.717, 1.165) is 176 Å². The summed E-state index contributed by atoms with van der Waals surface area (Å²) in [7, 11) is 0. The van der Waals surface area contributed by atoms with E-state index in [4.69, 9.17) is 19.9 Å². The maximum atomic E-state index is 6.19. The van der Waals surface area contributed by atoms with E-state index >= 15 is 0 Å². The van der Waals surface area contributed by atoms with Gasteiger partial charge in [-0.1, -0.05) is 216 Å². The second-order valence-electron chi connectivity index (χ2n) is 23.2. The monoisotopic (exact) mass is 1260 g/mol. The molecule has 4 heterocycles. The molecule has 0 saturated heterocycles. The van der Waals surface area contributed by atoms with Crippen LogP contribution in [0.15, 0.2) is 243 Å². The van der Waals surface area contributed by atoms with Crippen LogP contribution in [-0.4, -0.2) is 9.97 Å². The Balaban J connectivity index is 0.00000588. The number of fused-ring (bicyclic) bond motifs is 4. The summed E-state index contributed by atoms with van der Waals surface area (Å²) in [6, 6.07) is 89.6. The molecule has 5 heteroatoms. The minimum Gasteiger partial charge on any atom is -0.656 e. The summed E-state index contributed by atoms with van der Waals surface area (Å²) in [5, 5.41) is 13.3. The molecule has 14 aromatic rings. The molecule has 3 aliphatic rings. The number of rotatable bonds is 4. The first kappa shape index (κ1) is 50.7. The third-order valence-corrected chi connectivity index (χ3v) is 17.7. The molecule has 0 saturated carbocycles. The summed E-state index contributed by atoms with van der Waals surface area (Å²) in [6.45, 7) is 8.63. The molecule has 0 spiro atoms. The van der Waals surface area contributed by atoms with Crippen molar-refractivity contribution in [2.75, 3.05) is 0 Å². The van der Waals surface area contributed by atoms with E-state index < -0.39 is 0 Å². The Bertz CT molecular complexity index is 4820. The third kappa shape index (κ3) is 8.07. The van der Waals surface area contributed by atoms with Gasteiger partial charge in [-0.3, -0.25) is 0 Å². The van der Waals surface area contributed by atoms with Gasteiger partial charge in [-0.05, 0) is 185 Å². The molecular weight excluding hydrogens is 1210 g/mol. The van der Waals surface area contributed by atoms with Gasteiger partial charge in [-0.25, -0.2) is 9.97 Å². The van der Waals surface area contributed by atoms with E-state index in [9.17, 15) is 0 Å². The molecular formula is C80H52N4Pt. The summed E-state index contributed by atoms with van der Waals surface area (Å²) in [5.74, 6) is 0. The topological polar surface area (TPSA) is 54.0 Å². The standard InChI is InChI=1S/C80H52N4.Pt/c1-45-21-29-49(30-22-45)69-73-61-37-53-13-5-7-15-55(53)39-63(61)75(81-73)70(50-31-23-46(2)24-32-50)77-65-41-57-17-9-11-19-59(57)43-67(65)79(83-77)72(52-35-27-48(4)28-36-52)80-68-44-60-20-12-10-18-58(60)42-66(68)78(84-80)71(51-33-25-47(3)26-34-51)76-64-40-56-16-8-6-14-54(56)38-62(64)74(69)82-76;/h5-44H,1-4H3;/q-2;+2. The zero-order valence-electron chi connectivity index (χ0n) is 47.2. The Morgan fingerprint density at radius 3 is 0.624 bits per heavy atom.